The van der Waals surface area contributed by atoms with Crippen molar-refractivity contribution in [3.05, 3.63) is 78.4 Å². The van der Waals surface area contributed by atoms with Crippen LogP contribution in [0, 0.1) is 6.92 Å². The molecule has 3 aromatic carbocycles. The summed E-state index contributed by atoms with van der Waals surface area (Å²) >= 11 is 0. The first-order chi connectivity index (χ1) is 14.2. The minimum Gasteiger partial charge on any atom is -0.494 e. The summed E-state index contributed by atoms with van der Waals surface area (Å²) in [6.07, 6.45) is 1.05. The second-order valence-corrected chi connectivity index (χ2v) is 6.88. The summed E-state index contributed by atoms with van der Waals surface area (Å²) in [4.78, 5) is 16.6. The van der Waals surface area contributed by atoms with Crippen LogP contribution in [0.3, 0.4) is 0 Å². The molecule has 0 atom stereocenters. The van der Waals surface area contributed by atoms with Gasteiger partial charge in [0, 0.05) is 17.7 Å². The molecule has 0 radical (unpaired) electrons. The van der Waals surface area contributed by atoms with Crippen LogP contribution in [-0.2, 0) is 4.79 Å². The molecular weight excluding hydrogens is 364 g/mol. The summed E-state index contributed by atoms with van der Waals surface area (Å²) in [5.41, 5.74) is 4.39. The molecule has 1 N–H and O–H groups in total. The molecule has 0 aliphatic carbocycles. The van der Waals surface area contributed by atoms with Gasteiger partial charge in [-0.3, -0.25) is 4.79 Å². The molecule has 4 rings (SSSR count). The van der Waals surface area contributed by atoms with Crippen molar-refractivity contribution in [3.63, 3.8) is 0 Å². The molecule has 5 nitrogen and oxygen atoms in total. The normalized spacial score (nSPS) is 10.8. The van der Waals surface area contributed by atoms with Crippen molar-refractivity contribution in [2.75, 3.05) is 11.9 Å². The molecule has 1 aromatic heterocycles. The number of oxazole rings is 1. The van der Waals surface area contributed by atoms with Gasteiger partial charge in [-0.25, -0.2) is 4.98 Å². The second kappa shape index (κ2) is 8.61. The number of amides is 1. The Hall–Kier alpha value is -3.60. The van der Waals surface area contributed by atoms with E-state index in [1.54, 1.807) is 0 Å². The number of hydrogen-bond acceptors (Lipinski definition) is 4. The minimum absolute atomic E-state index is 0.0351. The highest BCUT2D eigenvalue weighted by Crippen LogP contribution is 2.25. The van der Waals surface area contributed by atoms with Crippen LogP contribution in [0.2, 0.25) is 0 Å². The lowest BCUT2D eigenvalue weighted by Crippen LogP contribution is -2.12. The first kappa shape index (κ1) is 18.7. The van der Waals surface area contributed by atoms with E-state index in [4.69, 9.17) is 9.15 Å². The van der Waals surface area contributed by atoms with E-state index in [9.17, 15) is 4.79 Å². The smallest absolute Gasteiger partial charge is 0.227 e. The first-order valence-corrected chi connectivity index (χ1v) is 9.63. The molecule has 0 bridgehead atoms. The minimum atomic E-state index is -0.0351. The highest BCUT2D eigenvalue weighted by Gasteiger charge is 2.08. The van der Waals surface area contributed by atoms with Crippen molar-refractivity contribution < 1.29 is 13.9 Å². The number of aryl methyl sites for hydroxylation is 1. The largest absolute Gasteiger partial charge is 0.494 e. The van der Waals surface area contributed by atoms with Gasteiger partial charge in [0.05, 0.1) is 6.61 Å². The zero-order valence-corrected chi connectivity index (χ0v) is 16.2. The molecule has 0 spiro atoms. The second-order valence-electron chi connectivity index (χ2n) is 6.88. The summed E-state index contributed by atoms with van der Waals surface area (Å²) < 4.78 is 11.4. The lowest BCUT2D eigenvalue weighted by molar-refractivity contribution is -0.116. The first-order valence-electron chi connectivity index (χ1n) is 9.63. The van der Waals surface area contributed by atoms with Crippen LogP contribution in [0.4, 0.5) is 5.69 Å². The Morgan fingerprint density at radius 1 is 1.00 bits per heavy atom. The summed E-state index contributed by atoms with van der Waals surface area (Å²) in [5, 5.41) is 2.91. The molecule has 29 heavy (non-hydrogen) atoms. The molecular formula is C24H22N2O3. The number of anilines is 1. The van der Waals surface area contributed by atoms with Crippen molar-refractivity contribution in [3.8, 4) is 17.2 Å². The van der Waals surface area contributed by atoms with Crippen LogP contribution in [0.1, 0.15) is 18.4 Å². The highest BCUT2D eigenvalue weighted by molar-refractivity contribution is 5.91. The monoisotopic (exact) mass is 386 g/mol. The predicted molar refractivity (Wildman–Crippen MR) is 114 cm³/mol. The lowest BCUT2D eigenvalue weighted by atomic mass is 10.2. The number of rotatable bonds is 7. The van der Waals surface area contributed by atoms with Gasteiger partial charge in [-0.1, -0.05) is 29.8 Å². The van der Waals surface area contributed by atoms with Crippen LogP contribution in [-0.4, -0.2) is 17.5 Å². The van der Waals surface area contributed by atoms with E-state index >= 15 is 0 Å². The van der Waals surface area contributed by atoms with Crippen molar-refractivity contribution >= 4 is 22.7 Å². The van der Waals surface area contributed by atoms with Gasteiger partial charge in [0.15, 0.2) is 5.58 Å². The zero-order chi connectivity index (χ0) is 20.1. The summed E-state index contributed by atoms with van der Waals surface area (Å²) in [6, 6.07) is 23.0. The third-order valence-corrected chi connectivity index (χ3v) is 4.55. The van der Waals surface area contributed by atoms with Crippen LogP contribution < -0.4 is 10.1 Å². The summed E-state index contributed by atoms with van der Waals surface area (Å²) in [6.45, 7) is 2.54. The summed E-state index contributed by atoms with van der Waals surface area (Å²) in [5.74, 6) is 1.36. The fourth-order valence-electron chi connectivity index (χ4n) is 2.97. The Labute approximate surface area is 169 Å². The maximum Gasteiger partial charge on any atom is 0.227 e. The average Bonchev–Trinajstić information content (AvgIpc) is 3.17. The van der Waals surface area contributed by atoms with E-state index in [1.807, 2.05) is 79.7 Å². The number of carbonyl (C=O) groups excluding carboxylic acids is 1. The number of ether oxygens (including phenoxy) is 1. The third-order valence-electron chi connectivity index (χ3n) is 4.55. The molecule has 146 valence electrons. The lowest BCUT2D eigenvalue weighted by Gasteiger charge is -2.07. The van der Waals surface area contributed by atoms with E-state index < -0.39 is 0 Å². The molecule has 4 aromatic rings. The van der Waals surface area contributed by atoms with Crippen molar-refractivity contribution in [2.24, 2.45) is 0 Å². The van der Waals surface area contributed by atoms with Crippen molar-refractivity contribution in [1.29, 1.82) is 0 Å². The molecule has 0 saturated heterocycles. The van der Waals surface area contributed by atoms with Gasteiger partial charge in [-0.05, 0) is 61.9 Å². The number of para-hydroxylation sites is 2. The predicted octanol–water partition coefficient (Wildman–Crippen LogP) is 5.60. The number of carbonyl (C=O) groups is 1. The van der Waals surface area contributed by atoms with Gasteiger partial charge >= 0.3 is 0 Å². The maximum atomic E-state index is 12.1. The number of hydrogen-bond donors (Lipinski definition) is 1. The zero-order valence-electron chi connectivity index (χ0n) is 16.2. The highest BCUT2D eigenvalue weighted by atomic mass is 16.5. The van der Waals surface area contributed by atoms with Crippen molar-refractivity contribution in [1.82, 2.24) is 4.98 Å². The maximum absolute atomic E-state index is 12.1. The Morgan fingerprint density at radius 2 is 1.76 bits per heavy atom. The Balaban J connectivity index is 1.27. The Morgan fingerprint density at radius 3 is 2.52 bits per heavy atom. The SMILES string of the molecule is Cc1ccc(OCCCC(=O)Nc2ccc(-c3nc4ccccc4o3)cc2)cc1. The van der Waals surface area contributed by atoms with Crippen molar-refractivity contribution in [2.45, 2.75) is 19.8 Å². The molecule has 0 unspecified atom stereocenters. The fourth-order valence-corrected chi connectivity index (χ4v) is 2.97. The molecule has 1 amide bonds. The number of nitrogens with one attached hydrogen (secondary N) is 1. The topological polar surface area (TPSA) is 64.4 Å². The van der Waals surface area contributed by atoms with E-state index in [1.165, 1.54) is 5.56 Å². The van der Waals surface area contributed by atoms with Crippen LogP contribution in [0.15, 0.2) is 77.2 Å². The molecule has 0 aliphatic rings. The van der Waals surface area contributed by atoms with Crippen LogP contribution in [0.25, 0.3) is 22.6 Å². The van der Waals surface area contributed by atoms with Crippen LogP contribution in [0.5, 0.6) is 5.75 Å². The van der Waals surface area contributed by atoms with Crippen LogP contribution >= 0.6 is 0 Å². The van der Waals surface area contributed by atoms with Gasteiger partial charge in [0.2, 0.25) is 11.8 Å². The van der Waals surface area contributed by atoms with E-state index in [0.717, 1.165) is 28.1 Å². The van der Waals surface area contributed by atoms with E-state index in [0.29, 0.717) is 25.3 Å². The summed E-state index contributed by atoms with van der Waals surface area (Å²) in [7, 11) is 0. The molecule has 5 heteroatoms. The quantitative estimate of drug-likeness (QED) is 0.420. The standard InChI is InChI=1S/C24H22N2O3/c1-17-8-14-20(15-9-17)28-16-4-7-23(27)25-19-12-10-18(11-13-19)24-26-21-5-2-3-6-22(21)29-24/h2-3,5-6,8-15H,4,7,16H2,1H3,(H,25,27). The number of nitrogens with zero attached hydrogens (tertiary/aromatic N) is 1. The van der Waals surface area contributed by atoms with Gasteiger partial charge in [0.25, 0.3) is 0 Å². The molecule has 0 saturated carbocycles. The number of aromatic nitrogens is 1. The third kappa shape index (κ3) is 4.82. The van der Waals surface area contributed by atoms with Gasteiger partial charge in [0.1, 0.15) is 11.3 Å². The number of benzene rings is 3. The number of fused-ring (bicyclic) bond motifs is 1. The average molecular weight is 386 g/mol. The molecule has 1 heterocycles. The molecule has 0 aliphatic heterocycles. The Bertz CT molecular complexity index is 1070. The molecule has 0 fully saturated rings. The van der Waals surface area contributed by atoms with Gasteiger partial charge < -0.3 is 14.5 Å². The fraction of sp³-hybridized carbons (Fsp3) is 0.167. The Kier molecular flexibility index (Phi) is 5.56. The van der Waals surface area contributed by atoms with Gasteiger partial charge in [-0.2, -0.15) is 0 Å². The van der Waals surface area contributed by atoms with E-state index in [-0.39, 0.29) is 5.91 Å². The van der Waals surface area contributed by atoms with E-state index in [2.05, 4.69) is 10.3 Å². The van der Waals surface area contributed by atoms with Gasteiger partial charge in [-0.15, -0.1) is 0 Å².